The third-order valence-electron chi connectivity index (χ3n) is 8.65. The molecule has 7 nitrogen and oxygen atoms in total. The summed E-state index contributed by atoms with van der Waals surface area (Å²) < 4.78 is 0. The highest BCUT2D eigenvalue weighted by Gasteiger charge is 2.55. The van der Waals surface area contributed by atoms with Crippen molar-refractivity contribution in [3.63, 3.8) is 0 Å². The Labute approximate surface area is 231 Å². The zero-order chi connectivity index (χ0) is 27.4. The number of benzene rings is 4. The van der Waals surface area contributed by atoms with Crippen LogP contribution in [0.3, 0.4) is 0 Å². The first kappa shape index (κ1) is 24.3. The van der Waals surface area contributed by atoms with Gasteiger partial charge >= 0.3 is 0 Å². The Kier molecular flexibility index (Phi) is 5.56. The highest BCUT2D eigenvalue weighted by Crippen LogP contribution is 2.51. The van der Waals surface area contributed by atoms with Gasteiger partial charge in [-0.25, -0.2) is 0 Å². The molecule has 40 heavy (non-hydrogen) atoms. The average molecular weight is 530 g/mol. The van der Waals surface area contributed by atoms with Gasteiger partial charge in [-0.05, 0) is 53.8 Å². The van der Waals surface area contributed by atoms with E-state index in [-0.39, 0.29) is 5.91 Å². The van der Waals surface area contributed by atoms with E-state index in [1.54, 1.807) is 24.3 Å². The number of rotatable bonds is 5. The van der Waals surface area contributed by atoms with Crippen LogP contribution in [0.1, 0.15) is 51.1 Å². The minimum Gasteiger partial charge on any atom is -0.344 e. The molecule has 2 aliphatic heterocycles. The third-order valence-corrected chi connectivity index (χ3v) is 8.65. The molecule has 3 aliphatic rings. The fraction of sp³-hybridized carbons (Fsp3) is 0.212. The molecule has 2 atom stereocenters. The maximum Gasteiger partial charge on any atom is 0.262 e. The van der Waals surface area contributed by atoms with Crippen LogP contribution in [0.15, 0.2) is 91.0 Å². The summed E-state index contributed by atoms with van der Waals surface area (Å²) in [5.41, 5.74) is 2.45. The first-order valence-corrected chi connectivity index (χ1v) is 13.6. The summed E-state index contributed by atoms with van der Waals surface area (Å²) in [6.07, 6.45) is 2.03. The Balaban J connectivity index is 1.21. The quantitative estimate of drug-likeness (QED) is 0.377. The first-order valence-electron chi connectivity index (χ1n) is 13.6. The van der Waals surface area contributed by atoms with E-state index in [1.165, 1.54) is 0 Å². The van der Waals surface area contributed by atoms with E-state index in [9.17, 15) is 19.2 Å². The van der Waals surface area contributed by atoms with Gasteiger partial charge in [0, 0.05) is 11.3 Å². The lowest BCUT2D eigenvalue weighted by Crippen LogP contribution is -2.59. The molecule has 1 fully saturated rings. The normalized spacial score (nSPS) is 21.4. The number of amides is 4. The highest BCUT2D eigenvalue weighted by atomic mass is 16.2. The summed E-state index contributed by atoms with van der Waals surface area (Å²) in [6, 6.07) is 28.6. The largest absolute Gasteiger partial charge is 0.344 e. The number of para-hydroxylation sites is 1. The number of hydrogen-bond acceptors (Lipinski definition) is 4. The minimum atomic E-state index is -0.890. The molecule has 0 radical (unpaired) electrons. The second-order valence-electron chi connectivity index (χ2n) is 10.8. The van der Waals surface area contributed by atoms with Crippen molar-refractivity contribution in [1.29, 1.82) is 0 Å². The van der Waals surface area contributed by atoms with Crippen molar-refractivity contribution in [3.05, 3.63) is 113 Å². The van der Waals surface area contributed by atoms with Crippen LogP contribution < -0.4 is 10.2 Å². The minimum absolute atomic E-state index is 0.0230. The van der Waals surface area contributed by atoms with Crippen LogP contribution >= 0.6 is 0 Å². The van der Waals surface area contributed by atoms with Crippen molar-refractivity contribution in [2.45, 2.75) is 31.3 Å². The van der Waals surface area contributed by atoms with Gasteiger partial charge in [0.25, 0.3) is 11.8 Å². The van der Waals surface area contributed by atoms with Crippen molar-refractivity contribution in [2.75, 3.05) is 11.4 Å². The SMILES string of the molecule is O=C(CN1C(=O)c2ccccc2C1=O)NC12CCCC1C(=O)N(Cc1cccc3ccccc13)c1ccccc12. The highest BCUT2D eigenvalue weighted by molar-refractivity contribution is 6.22. The molecule has 2 heterocycles. The first-order chi connectivity index (χ1) is 19.5. The van der Waals surface area contributed by atoms with Gasteiger partial charge in [-0.2, -0.15) is 0 Å². The predicted octanol–water partition coefficient (Wildman–Crippen LogP) is 4.79. The fourth-order valence-corrected chi connectivity index (χ4v) is 6.85. The molecule has 0 spiro atoms. The Hall–Kier alpha value is -4.78. The van der Waals surface area contributed by atoms with Gasteiger partial charge in [-0.15, -0.1) is 0 Å². The molecule has 198 valence electrons. The number of anilines is 1. The number of fused-ring (bicyclic) bond motifs is 5. The third kappa shape index (κ3) is 3.57. The zero-order valence-electron chi connectivity index (χ0n) is 21.8. The molecule has 7 heteroatoms. The van der Waals surface area contributed by atoms with Gasteiger partial charge in [0.1, 0.15) is 6.54 Å². The molecule has 1 N–H and O–H groups in total. The lowest BCUT2D eigenvalue weighted by atomic mass is 9.75. The molecule has 2 unspecified atom stereocenters. The molecule has 0 aromatic heterocycles. The van der Waals surface area contributed by atoms with Crippen LogP contribution in [-0.4, -0.2) is 35.1 Å². The Bertz CT molecular complexity index is 1690. The molecule has 4 aromatic carbocycles. The van der Waals surface area contributed by atoms with E-state index in [1.807, 2.05) is 47.4 Å². The van der Waals surface area contributed by atoms with Crippen LogP contribution in [0.4, 0.5) is 5.69 Å². The predicted molar refractivity (Wildman–Crippen MR) is 151 cm³/mol. The molecule has 1 aliphatic carbocycles. The molecular formula is C33H27N3O4. The summed E-state index contributed by atoms with van der Waals surface area (Å²) >= 11 is 0. The number of carbonyl (C=O) groups excluding carboxylic acids is 4. The smallest absolute Gasteiger partial charge is 0.262 e. The standard InChI is InChI=1S/C33H27N3O4/c37-29(20-36-30(38)24-13-3-4-14-25(24)31(36)39)34-33-18-8-16-27(33)32(40)35(28-17-6-5-15-26(28)33)19-22-11-7-10-21-9-1-2-12-23(21)22/h1-7,9-15,17,27H,8,16,18-20H2,(H,34,37). The topological polar surface area (TPSA) is 86.8 Å². The lowest BCUT2D eigenvalue weighted by molar-refractivity contribution is -0.129. The molecule has 4 aromatic rings. The number of imide groups is 1. The van der Waals surface area contributed by atoms with E-state index in [4.69, 9.17) is 0 Å². The van der Waals surface area contributed by atoms with Crippen molar-refractivity contribution in [2.24, 2.45) is 5.92 Å². The van der Waals surface area contributed by atoms with Crippen molar-refractivity contribution in [1.82, 2.24) is 10.2 Å². The fourth-order valence-electron chi connectivity index (χ4n) is 6.85. The van der Waals surface area contributed by atoms with Crippen molar-refractivity contribution in [3.8, 4) is 0 Å². The van der Waals surface area contributed by atoms with Gasteiger partial charge in [0.05, 0.1) is 29.1 Å². The second kappa shape index (κ2) is 9.16. The second-order valence-corrected chi connectivity index (χ2v) is 10.8. The summed E-state index contributed by atoms with van der Waals surface area (Å²) in [7, 11) is 0. The van der Waals surface area contributed by atoms with Crippen LogP contribution in [0.2, 0.25) is 0 Å². The number of carbonyl (C=O) groups is 4. The van der Waals surface area contributed by atoms with E-state index < -0.39 is 35.7 Å². The van der Waals surface area contributed by atoms with Crippen LogP contribution in [-0.2, 0) is 21.7 Å². The Morgan fingerprint density at radius 1 is 0.800 bits per heavy atom. The summed E-state index contributed by atoms with van der Waals surface area (Å²) in [5.74, 6) is -1.87. The summed E-state index contributed by atoms with van der Waals surface area (Å²) in [4.78, 5) is 56.3. The van der Waals surface area contributed by atoms with E-state index in [0.29, 0.717) is 30.5 Å². The van der Waals surface area contributed by atoms with Crippen LogP contribution in [0.25, 0.3) is 10.8 Å². The summed E-state index contributed by atoms with van der Waals surface area (Å²) in [5, 5.41) is 5.38. The molecule has 0 bridgehead atoms. The van der Waals surface area contributed by atoms with Gasteiger partial charge in [0.15, 0.2) is 0 Å². The summed E-state index contributed by atoms with van der Waals surface area (Å²) in [6.45, 7) is 0.0314. The van der Waals surface area contributed by atoms with E-state index >= 15 is 0 Å². The molecule has 7 rings (SSSR count). The van der Waals surface area contributed by atoms with E-state index in [2.05, 4.69) is 29.6 Å². The molecular weight excluding hydrogens is 502 g/mol. The van der Waals surface area contributed by atoms with Crippen LogP contribution in [0.5, 0.6) is 0 Å². The monoisotopic (exact) mass is 529 g/mol. The molecule has 4 amide bonds. The van der Waals surface area contributed by atoms with Gasteiger partial charge in [-0.3, -0.25) is 24.1 Å². The van der Waals surface area contributed by atoms with Gasteiger partial charge in [-0.1, -0.05) is 72.8 Å². The number of nitrogens with one attached hydrogen (secondary N) is 1. The Morgan fingerprint density at radius 3 is 2.27 bits per heavy atom. The molecule has 1 saturated carbocycles. The maximum atomic E-state index is 14.2. The van der Waals surface area contributed by atoms with Crippen molar-refractivity contribution < 1.29 is 19.2 Å². The average Bonchev–Trinajstić information content (AvgIpc) is 3.51. The van der Waals surface area contributed by atoms with E-state index in [0.717, 1.165) is 38.9 Å². The van der Waals surface area contributed by atoms with Gasteiger partial charge < -0.3 is 10.2 Å². The number of hydrogen-bond donors (Lipinski definition) is 1. The lowest BCUT2D eigenvalue weighted by Gasteiger charge is -2.45. The Morgan fingerprint density at radius 2 is 1.48 bits per heavy atom. The van der Waals surface area contributed by atoms with Crippen molar-refractivity contribution >= 4 is 40.1 Å². The number of nitrogens with zero attached hydrogens (tertiary/aromatic N) is 2. The molecule has 0 saturated heterocycles. The maximum absolute atomic E-state index is 14.2. The zero-order valence-corrected chi connectivity index (χ0v) is 21.8. The van der Waals surface area contributed by atoms with Gasteiger partial charge in [0.2, 0.25) is 11.8 Å². The van der Waals surface area contributed by atoms with Crippen LogP contribution in [0, 0.1) is 5.92 Å².